The van der Waals surface area contributed by atoms with E-state index in [9.17, 15) is 0 Å². The third kappa shape index (κ3) is 4.81. The standard InChI is InChI=1S/C16H21N3/c17-19-16(13-15-10-4-5-12-18-15)11-6-9-14-7-2-1-3-8-14/h1-5,7-8,10,12,16,19H,6,9,11,13,17H2. The minimum Gasteiger partial charge on any atom is -0.271 e. The topological polar surface area (TPSA) is 50.9 Å². The van der Waals surface area contributed by atoms with Gasteiger partial charge in [0.15, 0.2) is 0 Å². The number of hydrazine groups is 1. The van der Waals surface area contributed by atoms with E-state index in [1.807, 2.05) is 24.4 Å². The smallest absolute Gasteiger partial charge is 0.0419 e. The van der Waals surface area contributed by atoms with Crippen molar-refractivity contribution < 1.29 is 0 Å². The van der Waals surface area contributed by atoms with Crippen LogP contribution in [0.1, 0.15) is 24.1 Å². The number of nitrogens with one attached hydrogen (secondary N) is 1. The number of pyridine rings is 1. The van der Waals surface area contributed by atoms with Crippen LogP contribution in [0, 0.1) is 0 Å². The van der Waals surface area contributed by atoms with Crippen LogP contribution in [0.2, 0.25) is 0 Å². The molecule has 3 heteroatoms. The quantitative estimate of drug-likeness (QED) is 0.590. The molecule has 1 heterocycles. The first-order chi connectivity index (χ1) is 9.38. The summed E-state index contributed by atoms with van der Waals surface area (Å²) >= 11 is 0. The molecule has 1 aromatic carbocycles. The van der Waals surface area contributed by atoms with Crippen molar-refractivity contribution in [3.8, 4) is 0 Å². The average molecular weight is 255 g/mol. The molecule has 0 spiro atoms. The number of aromatic nitrogens is 1. The minimum atomic E-state index is 0.290. The summed E-state index contributed by atoms with van der Waals surface area (Å²) in [4.78, 5) is 4.34. The van der Waals surface area contributed by atoms with E-state index >= 15 is 0 Å². The van der Waals surface area contributed by atoms with Crippen molar-refractivity contribution >= 4 is 0 Å². The van der Waals surface area contributed by atoms with Crippen molar-refractivity contribution in [2.45, 2.75) is 31.7 Å². The fourth-order valence-electron chi connectivity index (χ4n) is 2.21. The van der Waals surface area contributed by atoms with E-state index in [1.54, 1.807) is 0 Å². The summed E-state index contributed by atoms with van der Waals surface area (Å²) in [5.74, 6) is 5.62. The zero-order valence-electron chi connectivity index (χ0n) is 11.1. The predicted molar refractivity (Wildman–Crippen MR) is 78.4 cm³/mol. The van der Waals surface area contributed by atoms with E-state index in [-0.39, 0.29) is 0 Å². The molecule has 0 amide bonds. The molecule has 1 aromatic heterocycles. The molecule has 0 aliphatic rings. The second kappa shape index (κ2) is 7.67. The lowest BCUT2D eigenvalue weighted by Crippen LogP contribution is -2.37. The molecule has 0 saturated carbocycles. The Bertz CT molecular complexity index is 456. The maximum Gasteiger partial charge on any atom is 0.0419 e. The summed E-state index contributed by atoms with van der Waals surface area (Å²) in [6.45, 7) is 0. The zero-order chi connectivity index (χ0) is 13.3. The first-order valence-corrected chi connectivity index (χ1v) is 6.78. The molecule has 2 rings (SSSR count). The van der Waals surface area contributed by atoms with E-state index in [4.69, 9.17) is 5.84 Å². The van der Waals surface area contributed by atoms with Crippen LogP contribution >= 0.6 is 0 Å². The largest absolute Gasteiger partial charge is 0.271 e. The maximum absolute atomic E-state index is 5.62. The summed E-state index contributed by atoms with van der Waals surface area (Å²) < 4.78 is 0. The van der Waals surface area contributed by atoms with Gasteiger partial charge in [-0.2, -0.15) is 0 Å². The molecule has 1 unspecified atom stereocenters. The second-order valence-corrected chi connectivity index (χ2v) is 4.77. The van der Waals surface area contributed by atoms with Crippen molar-refractivity contribution in [3.63, 3.8) is 0 Å². The Morgan fingerprint density at radius 3 is 2.53 bits per heavy atom. The van der Waals surface area contributed by atoms with Gasteiger partial charge in [0.1, 0.15) is 0 Å². The number of benzene rings is 1. The highest BCUT2D eigenvalue weighted by atomic mass is 15.2. The Morgan fingerprint density at radius 2 is 1.84 bits per heavy atom. The molecule has 2 aromatic rings. The van der Waals surface area contributed by atoms with E-state index in [1.165, 1.54) is 5.56 Å². The highest BCUT2D eigenvalue weighted by Crippen LogP contribution is 2.09. The number of hydrogen-bond acceptors (Lipinski definition) is 3. The molecule has 1 atom stereocenters. The fourth-order valence-corrected chi connectivity index (χ4v) is 2.21. The van der Waals surface area contributed by atoms with Crippen molar-refractivity contribution in [1.29, 1.82) is 0 Å². The molecule has 0 saturated heterocycles. The van der Waals surface area contributed by atoms with Gasteiger partial charge in [-0.1, -0.05) is 36.4 Å². The van der Waals surface area contributed by atoms with Crippen molar-refractivity contribution in [2.24, 2.45) is 5.84 Å². The zero-order valence-corrected chi connectivity index (χ0v) is 11.1. The van der Waals surface area contributed by atoms with Gasteiger partial charge in [0.2, 0.25) is 0 Å². The number of aryl methyl sites for hydroxylation is 1. The SMILES string of the molecule is NNC(CCCc1ccccc1)Cc1ccccn1. The Morgan fingerprint density at radius 1 is 1.05 bits per heavy atom. The lowest BCUT2D eigenvalue weighted by atomic mass is 10.0. The number of nitrogens with zero attached hydrogens (tertiary/aromatic N) is 1. The van der Waals surface area contributed by atoms with Crippen LogP contribution in [0.4, 0.5) is 0 Å². The van der Waals surface area contributed by atoms with Crippen molar-refractivity contribution in [3.05, 3.63) is 66.0 Å². The minimum absolute atomic E-state index is 0.290. The fraction of sp³-hybridized carbons (Fsp3) is 0.312. The number of hydrogen-bond donors (Lipinski definition) is 2. The van der Waals surface area contributed by atoms with Gasteiger partial charge < -0.3 is 0 Å². The summed E-state index contributed by atoms with van der Waals surface area (Å²) in [5.41, 5.74) is 5.37. The van der Waals surface area contributed by atoms with Crippen LogP contribution in [0.3, 0.4) is 0 Å². The highest BCUT2D eigenvalue weighted by molar-refractivity contribution is 5.14. The third-order valence-corrected chi connectivity index (χ3v) is 3.28. The van der Waals surface area contributed by atoms with Crippen LogP contribution in [0.5, 0.6) is 0 Å². The van der Waals surface area contributed by atoms with Gasteiger partial charge in [0.05, 0.1) is 0 Å². The van der Waals surface area contributed by atoms with Crippen LogP contribution in [0.25, 0.3) is 0 Å². The Kier molecular flexibility index (Phi) is 5.53. The molecule has 3 N–H and O–H groups in total. The van der Waals surface area contributed by atoms with Gasteiger partial charge in [-0.3, -0.25) is 16.3 Å². The summed E-state index contributed by atoms with van der Waals surface area (Å²) in [5, 5.41) is 0. The molecule has 3 nitrogen and oxygen atoms in total. The summed E-state index contributed by atoms with van der Waals surface area (Å²) in [6, 6.07) is 16.8. The van der Waals surface area contributed by atoms with E-state index in [2.05, 4.69) is 40.7 Å². The third-order valence-electron chi connectivity index (χ3n) is 3.28. The molecule has 0 aliphatic heterocycles. The lowest BCUT2D eigenvalue weighted by molar-refractivity contribution is 0.472. The summed E-state index contributed by atoms with van der Waals surface area (Å²) in [7, 11) is 0. The second-order valence-electron chi connectivity index (χ2n) is 4.77. The molecule has 19 heavy (non-hydrogen) atoms. The van der Waals surface area contributed by atoms with Crippen LogP contribution in [0.15, 0.2) is 54.7 Å². The Hall–Kier alpha value is -1.71. The molecule has 0 aliphatic carbocycles. The molecule has 100 valence electrons. The van der Waals surface area contributed by atoms with Gasteiger partial charge in [0.25, 0.3) is 0 Å². The van der Waals surface area contributed by atoms with Gasteiger partial charge in [-0.25, -0.2) is 0 Å². The molecule has 0 bridgehead atoms. The molecular formula is C16H21N3. The number of rotatable bonds is 7. The van der Waals surface area contributed by atoms with Crippen LogP contribution in [-0.4, -0.2) is 11.0 Å². The molecular weight excluding hydrogens is 234 g/mol. The van der Waals surface area contributed by atoms with E-state index in [0.717, 1.165) is 31.4 Å². The van der Waals surface area contributed by atoms with Crippen molar-refractivity contribution in [2.75, 3.05) is 0 Å². The Balaban J connectivity index is 1.77. The monoisotopic (exact) mass is 255 g/mol. The van der Waals surface area contributed by atoms with E-state index in [0.29, 0.717) is 6.04 Å². The van der Waals surface area contributed by atoms with Gasteiger partial charge in [-0.05, 0) is 37.0 Å². The van der Waals surface area contributed by atoms with Gasteiger partial charge in [-0.15, -0.1) is 0 Å². The average Bonchev–Trinajstić information content (AvgIpc) is 2.48. The first-order valence-electron chi connectivity index (χ1n) is 6.78. The lowest BCUT2D eigenvalue weighted by Gasteiger charge is -2.15. The molecule has 0 fully saturated rings. The highest BCUT2D eigenvalue weighted by Gasteiger charge is 2.08. The van der Waals surface area contributed by atoms with E-state index < -0.39 is 0 Å². The maximum atomic E-state index is 5.62. The van der Waals surface area contributed by atoms with Gasteiger partial charge >= 0.3 is 0 Å². The summed E-state index contributed by atoms with van der Waals surface area (Å²) in [6.07, 6.45) is 5.99. The van der Waals surface area contributed by atoms with Crippen molar-refractivity contribution in [1.82, 2.24) is 10.4 Å². The first kappa shape index (κ1) is 13.7. The normalized spacial score (nSPS) is 12.3. The van der Waals surface area contributed by atoms with Crippen LogP contribution in [-0.2, 0) is 12.8 Å². The van der Waals surface area contributed by atoms with Crippen LogP contribution < -0.4 is 11.3 Å². The number of nitrogens with two attached hydrogens (primary N) is 1. The predicted octanol–water partition coefficient (Wildman–Crippen LogP) is 2.48. The molecule has 0 radical (unpaired) electrons. The Labute approximate surface area is 114 Å². The van der Waals surface area contributed by atoms with Gasteiger partial charge in [0, 0.05) is 24.4 Å².